The summed E-state index contributed by atoms with van der Waals surface area (Å²) in [5.41, 5.74) is 0. The first-order valence-electron chi connectivity index (χ1n) is 4.44. The van der Waals surface area contributed by atoms with Crippen molar-refractivity contribution in [3.05, 3.63) is 12.3 Å². The van der Waals surface area contributed by atoms with E-state index in [2.05, 4.69) is 16.6 Å². The van der Waals surface area contributed by atoms with Gasteiger partial charge in [-0.2, -0.15) is 5.10 Å². The number of aryl methyl sites for hydroxylation is 1. The highest BCUT2D eigenvalue weighted by atomic mass is 16.1. The van der Waals surface area contributed by atoms with Gasteiger partial charge in [-0.15, -0.1) is 0 Å². The van der Waals surface area contributed by atoms with E-state index in [9.17, 15) is 4.79 Å². The van der Waals surface area contributed by atoms with Crippen molar-refractivity contribution in [1.29, 1.82) is 0 Å². The molecule has 1 heterocycles. The molecule has 0 fully saturated rings. The Labute approximate surface area is 83.7 Å². The minimum Gasteiger partial charge on any atom is -0.311 e. The van der Waals surface area contributed by atoms with Crippen molar-refractivity contribution in [1.82, 2.24) is 14.7 Å². The molecule has 5 nitrogen and oxygen atoms in total. The summed E-state index contributed by atoms with van der Waals surface area (Å²) in [5.74, 6) is 0.671. The lowest BCUT2D eigenvalue weighted by molar-refractivity contribution is -0.116. The molecule has 0 saturated heterocycles. The Morgan fingerprint density at radius 2 is 2.43 bits per heavy atom. The molecule has 0 bridgehead atoms. The molecule has 0 aliphatic rings. The summed E-state index contributed by atoms with van der Waals surface area (Å²) in [5, 5.41) is 6.58. The van der Waals surface area contributed by atoms with Gasteiger partial charge in [0.15, 0.2) is 0 Å². The third kappa shape index (κ3) is 3.18. The van der Waals surface area contributed by atoms with Gasteiger partial charge in [0.2, 0.25) is 5.91 Å². The highest BCUT2D eigenvalue weighted by Crippen LogP contribution is 2.03. The second kappa shape index (κ2) is 4.76. The first-order valence-corrected chi connectivity index (χ1v) is 4.44. The van der Waals surface area contributed by atoms with Crippen molar-refractivity contribution in [2.75, 3.05) is 26.0 Å². The number of amides is 1. The molecule has 1 radical (unpaired) electrons. The Morgan fingerprint density at radius 3 is 2.93 bits per heavy atom. The molecule has 5 heteroatoms. The van der Waals surface area contributed by atoms with Gasteiger partial charge in [0.1, 0.15) is 12.0 Å². The number of anilines is 1. The van der Waals surface area contributed by atoms with Gasteiger partial charge in [-0.1, -0.05) is 0 Å². The topological polar surface area (TPSA) is 50.2 Å². The Balaban J connectivity index is 2.38. The van der Waals surface area contributed by atoms with Crippen molar-refractivity contribution >= 4 is 11.7 Å². The molecule has 77 valence electrons. The van der Waals surface area contributed by atoms with Crippen LogP contribution < -0.4 is 5.32 Å². The van der Waals surface area contributed by atoms with Crippen LogP contribution in [0.4, 0.5) is 5.82 Å². The summed E-state index contributed by atoms with van der Waals surface area (Å²) < 4.78 is 1.58. The molecule has 0 unspecified atom stereocenters. The van der Waals surface area contributed by atoms with Crippen LogP contribution in [0.5, 0.6) is 0 Å². The SMILES string of the molecule is CN(C)CCC(=O)Nc1c[c]nn1C. The van der Waals surface area contributed by atoms with E-state index in [1.807, 2.05) is 19.0 Å². The third-order valence-electron chi connectivity index (χ3n) is 1.81. The molecule has 0 aliphatic carbocycles. The van der Waals surface area contributed by atoms with Gasteiger partial charge in [0.05, 0.1) is 0 Å². The fourth-order valence-corrected chi connectivity index (χ4v) is 0.971. The Morgan fingerprint density at radius 1 is 1.71 bits per heavy atom. The number of aromatic nitrogens is 2. The average molecular weight is 195 g/mol. The van der Waals surface area contributed by atoms with Crippen LogP contribution in [0.3, 0.4) is 0 Å². The summed E-state index contributed by atoms with van der Waals surface area (Å²) >= 11 is 0. The van der Waals surface area contributed by atoms with E-state index in [-0.39, 0.29) is 5.91 Å². The molecule has 1 N–H and O–H groups in total. The van der Waals surface area contributed by atoms with E-state index < -0.39 is 0 Å². The number of hydrogen-bond donors (Lipinski definition) is 1. The summed E-state index contributed by atoms with van der Waals surface area (Å²) in [7, 11) is 5.63. The molecule has 1 amide bonds. The first-order chi connectivity index (χ1) is 6.59. The predicted molar refractivity (Wildman–Crippen MR) is 53.8 cm³/mol. The van der Waals surface area contributed by atoms with E-state index >= 15 is 0 Å². The lowest BCUT2D eigenvalue weighted by atomic mass is 10.4. The second-order valence-corrected chi connectivity index (χ2v) is 3.38. The van der Waals surface area contributed by atoms with E-state index in [0.717, 1.165) is 6.54 Å². The van der Waals surface area contributed by atoms with Gasteiger partial charge in [0.25, 0.3) is 0 Å². The summed E-state index contributed by atoms with van der Waals surface area (Å²) in [6.45, 7) is 0.743. The molecule has 0 spiro atoms. The van der Waals surface area contributed by atoms with Gasteiger partial charge in [-0.3, -0.25) is 9.48 Å². The molecule has 0 atom stereocenters. The van der Waals surface area contributed by atoms with Crippen LogP contribution in [-0.4, -0.2) is 41.2 Å². The van der Waals surface area contributed by atoms with Crippen molar-refractivity contribution < 1.29 is 4.79 Å². The van der Waals surface area contributed by atoms with Crippen LogP contribution in [0.25, 0.3) is 0 Å². The zero-order valence-electron chi connectivity index (χ0n) is 8.74. The zero-order valence-corrected chi connectivity index (χ0v) is 8.74. The van der Waals surface area contributed by atoms with E-state index in [1.165, 1.54) is 0 Å². The van der Waals surface area contributed by atoms with Crippen molar-refractivity contribution in [2.45, 2.75) is 6.42 Å². The van der Waals surface area contributed by atoms with Crippen LogP contribution in [-0.2, 0) is 11.8 Å². The maximum Gasteiger partial charge on any atom is 0.226 e. The van der Waals surface area contributed by atoms with E-state index in [0.29, 0.717) is 12.2 Å². The van der Waals surface area contributed by atoms with Gasteiger partial charge in [-0.05, 0) is 14.1 Å². The minimum atomic E-state index is -0.00398. The van der Waals surface area contributed by atoms with Crippen molar-refractivity contribution in [3.63, 3.8) is 0 Å². The Bertz CT molecular complexity index is 306. The Hall–Kier alpha value is -1.36. The molecule has 1 aromatic rings. The molecule has 1 aromatic heterocycles. The lowest BCUT2D eigenvalue weighted by Gasteiger charge is -2.09. The largest absolute Gasteiger partial charge is 0.311 e. The van der Waals surface area contributed by atoms with E-state index in [4.69, 9.17) is 0 Å². The smallest absolute Gasteiger partial charge is 0.226 e. The zero-order chi connectivity index (χ0) is 10.6. The fraction of sp³-hybridized carbons (Fsp3) is 0.556. The second-order valence-electron chi connectivity index (χ2n) is 3.38. The number of nitrogens with zero attached hydrogens (tertiary/aromatic N) is 3. The maximum absolute atomic E-state index is 11.4. The number of nitrogens with one attached hydrogen (secondary N) is 1. The summed E-state index contributed by atoms with van der Waals surface area (Å²) in [4.78, 5) is 13.3. The number of carbonyl (C=O) groups is 1. The highest BCUT2D eigenvalue weighted by Gasteiger charge is 2.05. The van der Waals surface area contributed by atoms with Crippen molar-refractivity contribution in [2.24, 2.45) is 7.05 Å². The average Bonchev–Trinajstić information content (AvgIpc) is 2.49. The molecule has 14 heavy (non-hydrogen) atoms. The lowest BCUT2D eigenvalue weighted by Crippen LogP contribution is -2.21. The highest BCUT2D eigenvalue weighted by molar-refractivity contribution is 5.89. The number of rotatable bonds is 4. The van der Waals surface area contributed by atoms with Gasteiger partial charge >= 0.3 is 0 Å². The normalized spacial score (nSPS) is 10.6. The maximum atomic E-state index is 11.4. The predicted octanol–water partition coefficient (Wildman–Crippen LogP) is 0.110. The van der Waals surface area contributed by atoms with Crippen LogP contribution in [0.2, 0.25) is 0 Å². The number of carbonyl (C=O) groups excluding carboxylic acids is 1. The van der Waals surface area contributed by atoms with Gasteiger partial charge in [-0.25, -0.2) is 0 Å². The monoisotopic (exact) mass is 195 g/mol. The van der Waals surface area contributed by atoms with Crippen LogP contribution in [0.1, 0.15) is 6.42 Å². The molecule has 0 aromatic carbocycles. The summed E-state index contributed by atoms with van der Waals surface area (Å²) in [6.07, 6.45) is 3.14. The first kappa shape index (κ1) is 10.7. The van der Waals surface area contributed by atoms with Gasteiger partial charge in [0, 0.05) is 26.1 Å². The van der Waals surface area contributed by atoms with Gasteiger partial charge < -0.3 is 10.2 Å². The van der Waals surface area contributed by atoms with Crippen LogP contribution in [0, 0.1) is 6.20 Å². The molecular formula is C9H15N4O. The molecule has 0 saturated carbocycles. The van der Waals surface area contributed by atoms with Crippen LogP contribution >= 0.6 is 0 Å². The van der Waals surface area contributed by atoms with E-state index in [1.54, 1.807) is 17.8 Å². The third-order valence-corrected chi connectivity index (χ3v) is 1.81. The minimum absolute atomic E-state index is 0.00398. The Kier molecular flexibility index (Phi) is 3.64. The quantitative estimate of drug-likeness (QED) is 0.742. The van der Waals surface area contributed by atoms with Crippen molar-refractivity contribution in [3.8, 4) is 0 Å². The summed E-state index contributed by atoms with van der Waals surface area (Å²) in [6, 6.07) is 1.65. The number of hydrogen-bond acceptors (Lipinski definition) is 3. The fourth-order valence-electron chi connectivity index (χ4n) is 0.971. The molecule has 0 aliphatic heterocycles. The molecule has 1 rings (SSSR count). The standard InChI is InChI=1S/C9H15N4O/c1-12(2)7-5-9(14)11-8-4-6-10-13(8)3/h4H,5,7H2,1-3H3,(H,11,14). The molecular weight excluding hydrogens is 180 g/mol. The van der Waals surface area contributed by atoms with Crippen LogP contribution in [0.15, 0.2) is 6.07 Å².